The van der Waals surface area contributed by atoms with E-state index in [0.717, 1.165) is 66.3 Å². The lowest BCUT2D eigenvalue weighted by Crippen LogP contribution is -2.44. The summed E-state index contributed by atoms with van der Waals surface area (Å²) in [4.78, 5) is 26.3. The fourth-order valence-electron chi connectivity index (χ4n) is 5.31. The van der Waals surface area contributed by atoms with Crippen LogP contribution in [0.4, 0.5) is 17.2 Å². The van der Waals surface area contributed by atoms with E-state index in [-0.39, 0.29) is 5.91 Å². The quantitative estimate of drug-likeness (QED) is 0.447. The molecule has 0 atom stereocenters. The van der Waals surface area contributed by atoms with Crippen LogP contribution in [0.3, 0.4) is 0 Å². The lowest BCUT2D eigenvalue weighted by Gasteiger charge is -2.29. The summed E-state index contributed by atoms with van der Waals surface area (Å²) >= 11 is 0. The van der Waals surface area contributed by atoms with Crippen molar-refractivity contribution in [1.29, 1.82) is 0 Å². The van der Waals surface area contributed by atoms with Crippen LogP contribution in [0.15, 0.2) is 54.9 Å². The third kappa shape index (κ3) is 3.69. The largest absolute Gasteiger partial charge is 0.354 e. The Morgan fingerprint density at radius 1 is 1.11 bits per heavy atom. The first-order valence-corrected chi connectivity index (χ1v) is 12.4. The molecule has 2 aliphatic rings. The number of rotatable bonds is 4. The van der Waals surface area contributed by atoms with Gasteiger partial charge in [-0.3, -0.25) is 4.79 Å². The second-order valence-corrected chi connectivity index (χ2v) is 9.18. The van der Waals surface area contributed by atoms with Gasteiger partial charge in [-0.25, -0.2) is 14.5 Å². The first-order valence-electron chi connectivity index (χ1n) is 12.4. The number of aromatic nitrogens is 3. The zero-order valence-corrected chi connectivity index (χ0v) is 20.2. The molecule has 4 heterocycles. The number of piperazine rings is 1. The number of benzene rings is 2. The first-order chi connectivity index (χ1) is 17.7. The Kier molecular flexibility index (Phi) is 5.62. The van der Waals surface area contributed by atoms with Crippen molar-refractivity contribution in [2.75, 3.05) is 42.5 Å². The number of pyridine rings is 1. The first kappa shape index (κ1) is 22.3. The lowest BCUT2D eigenvalue weighted by atomic mass is 10.0. The zero-order chi connectivity index (χ0) is 24.6. The highest BCUT2D eigenvalue weighted by Crippen LogP contribution is 2.37. The highest BCUT2D eigenvalue weighted by Gasteiger charge is 2.30. The Labute approximate surface area is 210 Å². The number of nitrogens with zero attached hydrogens (tertiary/aromatic N) is 6. The molecule has 4 aromatic rings. The van der Waals surface area contributed by atoms with E-state index in [9.17, 15) is 4.79 Å². The molecule has 2 aromatic carbocycles. The summed E-state index contributed by atoms with van der Waals surface area (Å²) in [5, 5.41) is 10.2. The number of carbonyl (C=O) groups is 1. The van der Waals surface area contributed by atoms with Gasteiger partial charge in [0.2, 0.25) is 0 Å². The fourth-order valence-corrected chi connectivity index (χ4v) is 5.31. The van der Waals surface area contributed by atoms with Crippen molar-refractivity contribution in [2.24, 2.45) is 0 Å². The maximum atomic E-state index is 13.9. The van der Waals surface area contributed by atoms with E-state index in [1.165, 1.54) is 5.56 Å². The van der Waals surface area contributed by atoms with Gasteiger partial charge >= 0.3 is 0 Å². The summed E-state index contributed by atoms with van der Waals surface area (Å²) in [5.74, 6) is 0.961. The number of nitrogens with one attached hydrogen (secondary N) is 1. The van der Waals surface area contributed by atoms with E-state index >= 15 is 0 Å². The summed E-state index contributed by atoms with van der Waals surface area (Å²) < 4.78 is 1.81. The molecule has 0 spiro atoms. The molecule has 2 aliphatic heterocycles. The number of fused-ring (bicyclic) bond motifs is 2. The van der Waals surface area contributed by atoms with Crippen LogP contribution in [-0.2, 0) is 12.8 Å². The second-order valence-electron chi connectivity index (χ2n) is 9.18. The van der Waals surface area contributed by atoms with Gasteiger partial charge in [0, 0.05) is 50.0 Å². The predicted octanol–water partition coefficient (Wildman–Crippen LogP) is 4.15. The Morgan fingerprint density at radius 2 is 1.92 bits per heavy atom. The van der Waals surface area contributed by atoms with E-state index in [2.05, 4.69) is 38.4 Å². The summed E-state index contributed by atoms with van der Waals surface area (Å²) in [7, 11) is 0. The van der Waals surface area contributed by atoms with Gasteiger partial charge in [0.25, 0.3) is 5.91 Å². The van der Waals surface area contributed by atoms with Crippen molar-refractivity contribution in [2.45, 2.75) is 19.8 Å². The molecule has 1 fully saturated rings. The number of hydrogen-bond donors (Lipinski definition) is 1. The average Bonchev–Trinajstić information content (AvgIpc) is 3.55. The minimum absolute atomic E-state index is 0.0263. The van der Waals surface area contributed by atoms with Crippen LogP contribution in [0.1, 0.15) is 28.5 Å². The van der Waals surface area contributed by atoms with Crippen molar-refractivity contribution in [3.05, 3.63) is 83.1 Å². The van der Waals surface area contributed by atoms with Gasteiger partial charge < -0.3 is 15.1 Å². The highest BCUT2D eigenvalue weighted by molar-refractivity contribution is 6.09. The summed E-state index contributed by atoms with van der Waals surface area (Å²) in [6.07, 6.45) is 5.06. The van der Waals surface area contributed by atoms with Crippen LogP contribution in [0.5, 0.6) is 0 Å². The molecule has 2 aromatic heterocycles. The van der Waals surface area contributed by atoms with Gasteiger partial charge in [-0.05, 0) is 54.1 Å². The van der Waals surface area contributed by atoms with Gasteiger partial charge in [0.15, 0.2) is 5.69 Å². The molecule has 1 N–H and O–H groups in total. The molecular weight excluding hydrogens is 450 g/mol. The van der Waals surface area contributed by atoms with E-state index < -0.39 is 0 Å². The summed E-state index contributed by atoms with van der Waals surface area (Å²) in [6, 6.07) is 13.7. The Morgan fingerprint density at radius 3 is 2.67 bits per heavy atom. The summed E-state index contributed by atoms with van der Waals surface area (Å²) in [5.41, 5.74) is 5.07. The fraction of sp³-hybridized carbons (Fsp3) is 0.286. The van der Waals surface area contributed by atoms with Gasteiger partial charge in [-0.15, -0.1) is 0 Å². The van der Waals surface area contributed by atoms with Crippen molar-refractivity contribution in [3.63, 3.8) is 0 Å². The topological polar surface area (TPSA) is 70.7 Å². The van der Waals surface area contributed by atoms with Crippen molar-refractivity contribution < 1.29 is 4.79 Å². The number of carbonyl (C=O) groups excluding carboxylic acids is 1. The van der Waals surface area contributed by atoms with Gasteiger partial charge in [-0.1, -0.05) is 19.1 Å². The van der Waals surface area contributed by atoms with Gasteiger partial charge in [0.1, 0.15) is 5.82 Å². The van der Waals surface area contributed by atoms with E-state index in [1.54, 1.807) is 18.3 Å². The molecule has 36 heavy (non-hydrogen) atoms. The monoisotopic (exact) mass is 477 g/mol. The van der Waals surface area contributed by atoms with E-state index in [0.29, 0.717) is 24.2 Å². The molecule has 0 saturated carbocycles. The molecule has 0 unspecified atom stereocenters. The Balaban J connectivity index is 1.37. The smallest absolute Gasteiger partial charge is 0.261 e. The van der Waals surface area contributed by atoms with Gasteiger partial charge in [-0.2, -0.15) is 5.10 Å². The molecule has 8 heteroatoms. The van der Waals surface area contributed by atoms with Crippen LogP contribution in [0, 0.1) is 6.57 Å². The van der Waals surface area contributed by atoms with Crippen LogP contribution in [0.25, 0.3) is 21.3 Å². The highest BCUT2D eigenvalue weighted by atomic mass is 16.2. The summed E-state index contributed by atoms with van der Waals surface area (Å²) in [6.45, 7) is 13.6. The van der Waals surface area contributed by atoms with Crippen molar-refractivity contribution >= 4 is 33.9 Å². The molecule has 0 aliphatic carbocycles. The number of anilines is 2. The standard InChI is InChI=1S/C28H27N7O/c1-3-25-24(18-32-35(25)22-6-4-21(29-2)5-7-22)28(36)34-13-9-20-16-19-8-10-31-27(23(19)17-26(20)34)33-14-11-30-12-15-33/h4-8,10,16-18,30H,3,9,11-15H2,1H3. The van der Waals surface area contributed by atoms with Crippen LogP contribution < -0.4 is 15.1 Å². The lowest BCUT2D eigenvalue weighted by molar-refractivity contribution is 0.0988. The molecule has 0 radical (unpaired) electrons. The predicted molar refractivity (Wildman–Crippen MR) is 141 cm³/mol. The van der Waals surface area contributed by atoms with Crippen LogP contribution >= 0.6 is 0 Å². The minimum Gasteiger partial charge on any atom is -0.354 e. The molecule has 180 valence electrons. The SMILES string of the molecule is [C-]#[N+]c1ccc(-n2ncc(C(=O)N3CCc4cc5ccnc(N6CCNCC6)c5cc43)c2CC)cc1. The minimum atomic E-state index is -0.0263. The zero-order valence-electron chi connectivity index (χ0n) is 20.2. The molecule has 1 amide bonds. The average molecular weight is 478 g/mol. The molecule has 8 nitrogen and oxygen atoms in total. The Bertz CT molecular complexity index is 1490. The number of amides is 1. The third-order valence-corrected chi connectivity index (χ3v) is 7.16. The second kappa shape index (κ2) is 9.10. The van der Waals surface area contributed by atoms with E-state index in [1.807, 2.05) is 34.8 Å². The molecular formula is C28H27N7O. The molecule has 1 saturated heterocycles. The third-order valence-electron chi connectivity index (χ3n) is 7.16. The van der Waals surface area contributed by atoms with Crippen molar-refractivity contribution in [1.82, 2.24) is 20.1 Å². The number of hydrogen-bond acceptors (Lipinski definition) is 5. The normalized spacial score (nSPS) is 15.2. The van der Waals surface area contributed by atoms with E-state index in [4.69, 9.17) is 11.6 Å². The Hall–Kier alpha value is -4.22. The van der Waals surface area contributed by atoms with Crippen LogP contribution in [-0.4, -0.2) is 53.4 Å². The molecule has 6 rings (SSSR count). The van der Waals surface area contributed by atoms with Crippen LogP contribution in [0.2, 0.25) is 0 Å². The maximum Gasteiger partial charge on any atom is 0.261 e. The van der Waals surface area contributed by atoms with Gasteiger partial charge in [0.05, 0.1) is 29.7 Å². The van der Waals surface area contributed by atoms with Crippen molar-refractivity contribution in [3.8, 4) is 5.69 Å². The maximum absolute atomic E-state index is 13.9. The molecule has 0 bridgehead atoms.